The van der Waals surface area contributed by atoms with E-state index >= 15 is 0 Å². The highest BCUT2D eigenvalue weighted by atomic mass is 19.4. The van der Waals surface area contributed by atoms with E-state index in [-0.39, 0.29) is 11.6 Å². The van der Waals surface area contributed by atoms with Crippen molar-refractivity contribution in [3.05, 3.63) is 24.3 Å². The van der Waals surface area contributed by atoms with Gasteiger partial charge >= 0.3 is 18.5 Å². The summed E-state index contributed by atoms with van der Waals surface area (Å²) in [5.74, 6) is -0.444. The molecule has 1 atom stereocenters. The van der Waals surface area contributed by atoms with Gasteiger partial charge in [-0.2, -0.15) is 0 Å². The Morgan fingerprint density at radius 1 is 1.23 bits per heavy atom. The van der Waals surface area contributed by atoms with Gasteiger partial charge in [0.15, 0.2) is 5.75 Å². The third-order valence-electron chi connectivity index (χ3n) is 4.40. The predicted octanol–water partition coefficient (Wildman–Crippen LogP) is 4.70. The van der Waals surface area contributed by atoms with Gasteiger partial charge in [-0.15, -0.1) is 13.2 Å². The van der Waals surface area contributed by atoms with E-state index < -0.39 is 29.8 Å². The molecule has 1 unspecified atom stereocenters. The van der Waals surface area contributed by atoms with Crippen molar-refractivity contribution in [1.82, 2.24) is 9.80 Å². The fourth-order valence-electron chi connectivity index (χ4n) is 3.18. The van der Waals surface area contributed by atoms with Gasteiger partial charge in [0.1, 0.15) is 5.60 Å². The van der Waals surface area contributed by atoms with Crippen LogP contribution in [0.4, 0.5) is 28.4 Å². The van der Waals surface area contributed by atoms with Gasteiger partial charge in [0, 0.05) is 26.7 Å². The van der Waals surface area contributed by atoms with Crippen LogP contribution in [0.15, 0.2) is 24.3 Å². The minimum atomic E-state index is -4.86. The molecule has 1 heterocycles. The molecule has 1 aliphatic heterocycles. The Hall–Kier alpha value is -2.65. The number of piperidine rings is 1. The number of likely N-dealkylation sites (tertiary alicyclic amines) is 1. The Kier molecular flexibility index (Phi) is 7.44. The number of carbonyl (C=O) groups excluding carboxylic acids is 2. The number of hydrogen-bond donors (Lipinski definition) is 1. The van der Waals surface area contributed by atoms with Crippen molar-refractivity contribution in [1.29, 1.82) is 0 Å². The Labute approximate surface area is 174 Å². The predicted molar refractivity (Wildman–Crippen MR) is 105 cm³/mol. The maximum absolute atomic E-state index is 12.6. The molecule has 1 saturated heterocycles. The number of alkyl halides is 3. The quantitative estimate of drug-likeness (QED) is 0.751. The van der Waals surface area contributed by atoms with E-state index in [1.807, 2.05) is 0 Å². The molecule has 1 aliphatic rings. The molecule has 1 N–H and O–H groups in total. The van der Waals surface area contributed by atoms with Crippen LogP contribution in [0.25, 0.3) is 0 Å². The zero-order chi connectivity index (χ0) is 22.5. The van der Waals surface area contributed by atoms with Gasteiger partial charge in [-0.05, 0) is 51.7 Å². The lowest BCUT2D eigenvalue weighted by atomic mass is 9.98. The molecule has 1 aromatic rings. The standard InChI is InChI=1S/C20H28F3N3O4/c1-19(2,3)30-18(28)25(4)12-14-8-7-11-26(13-14)17(27)24-15-9-5-6-10-16(15)29-20(21,22)23/h5-6,9-10,14H,7-8,11-13H2,1-4H3,(H,24,27). The monoisotopic (exact) mass is 431 g/mol. The van der Waals surface area contributed by atoms with Crippen LogP contribution in [0.1, 0.15) is 33.6 Å². The van der Waals surface area contributed by atoms with Crippen LogP contribution in [0, 0.1) is 5.92 Å². The fraction of sp³-hybridized carbons (Fsp3) is 0.600. The van der Waals surface area contributed by atoms with Gasteiger partial charge in [0.25, 0.3) is 0 Å². The molecule has 3 amide bonds. The number of anilines is 1. The number of halogens is 3. The Balaban J connectivity index is 1.96. The number of ether oxygens (including phenoxy) is 2. The molecule has 1 fully saturated rings. The van der Waals surface area contributed by atoms with Crippen molar-refractivity contribution in [3.63, 3.8) is 0 Å². The van der Waals surface area contributed by atoms with Crippen molar-refractivity contribution in [2.24, 2.45) is 5.92 Å². The van der Waals surface area contributed by atoms with Crippen molar-refractivity contribution >= 4 is 17.8 Å². The maximum atomic E-state index is 12.6. The number of nitrogens with zero attached hydrogens (tertiary/aromatic N) is 2. The highest BCUT2D eigenvalue weighted by molar-refractivity contribution is 5.91. The van der Waals surface area contributed by atoms with Crippen LogP contribution in [0.5, 0.6) is 5.75 Å². The molecule has 0 aliphatic carbocycles. The van der Waals surface area contributed by atoms with Crippen LogP contribution in [-0.2, 0) is 4.74 Å². The highest BCUT2D eigenvalue weighted by Crippen LogP contribution is 2.30. The Morgan fingerprint density at radius 2 is 1.90 bits per heavy atom. The van der Waals surface area contributed by atoms with Crippen molar-refractivity contribution < 1.29 is 32.2 Å². The zero-order valence-corrected chi connectivity index (χ0v) is 17.6. The summed E-state index contributed by atoms with van der Waals surface area (Å²) >= 11 is 0. The highest BCUT2D eigenvalue weighted by Gasteiger charge is 2.33. The summed E-state index contributed by atoms with van der Waals surface area (Å²) in [4.78, 5) is 27.8. The summed E-state index contributed by atoms with van der Waals surface area (Å²) in [5, 5.41) is 2.49. The summed E-state index contributed by atoms with van der Waals surface area (Å²) < 4.78 is 47.0. The third kappa shape index (κ3) is 7.64. The molecule has 0 radical (unpaired) electrons. The SMILES string of the molecule is CN(CC1CCCN(C(=O)Nc2ccccc2OC(F)(F)F)C1)C(=O)OC(C)(C)C. The summed E-state index contributed by atoms with van der Waals surface area (Å²) in [7, 11) is 1.64. The van der Waals surface area contributed by atoms with Crippen molar-refractivity contribution in [2.75, 3.05) is 32.0 Å². The van der Waals surface area contributed by atoms with E-state index in [4.69, 9.17) is 4.74 Å². The summed E-state index contributed by atoms with van der Waals surface area (Å²) in [5.41, 5.74) is -0.664. The zero-order valence-electron chi connectivity index (χ0n) is 17.6. The first kappa shape index (κ1) is 23.6. The molecule has 10 heteroatoms. The number of nitrogens with one attached hydrogen (secondary N) is 1. The average molecular weight is 431 g/mol. The molecule has 7 nitrogen and oxygen atoms in total. The van der Waals surface area contributed by atoms with Gasteiger partial charge in [-0.3, -0.25) is 0 Å². The van der Waals surface area contributed by atoms with Crippen LogP contribution >= 0.6 is 0 Å². The Morgan fingerprint density at radius 3 is 2.53 bits per heavy atom. The molecule has 30 heavy (non-hydrogen) atoms. The molecular weight excluding hydrogens is 403 g/mol. The molecule has 1 aromatic carbocycles. The fourth-order valence-corrected chi connectivity index (χ4v) is 3.18. The Bertz CT molecular complexity index is 750. The summed E-state index contributed by atoms with van der Waals surface area (Å²) in [6.45, 7) is 6.61. The number of urea groups is 1. The number of para-hydroxylation sites is 2. The average Bonchev–Trinajstić information content (AvgIpc) is 2.61. The third-order valence-corrected chi connectivity index (χ3v) is 4.40. The van der Waals surface area contributed by atoms with Gasteiger partial charge < -0.3 is 24.6 Å². The van der Waals surface area contributed by atoms with E-state index in [0.717, 1.165) is 18.9 Å². The van der Waals surface area contributed by atoms with E-state index in [1.165, 1.54) is 28.0 Å². The molecular formula is C20H28F3N3O4. The number of carbonyl (C=O) groups is 2. The van der Waals surface area contributed by atoms with Crippen molar-refractivity contribution in [2.45, 2.75) is 45.6 Å². The normalized spacial score (nSPS) is 17.3. The number of hydrogen-bond acceptors (Lipinski definition) is 4. The minimum absolute atomic E-state index is 0.0312. The molecule has 168 valence electrons. The van der Waals surface area contributed by atoms with Gasteiger partial charge in [0.05, 0.1) is 5.69 Å². The lowest BCUT2D eigenvalue weighted by Gasteiger charge is -2.35. The summed E-state index contributed by atoms with van der Waals surface area (Å²) in [6, 6.07) is 4.86. The minimum Gasteiger partial charge on any atom is -0.444 e. The van der Waals surface area contributed by atoms with E-state index in [0.29, 0.717) is 19.6 Å². The van der Waals surface area contributed by atoms with Crippen molar-refractivity contribution in [3.8, 4) is 5.75 Å². The smallest absolute Gasteiger partial charge is 0.444 e. The van der Waals surface area contributed by atoms with E-state index in [1.54, 1.807) is 27.8 Å². The van der Waals surface area contributed by atoms with Gasteiger partial charge in [-0.1, -0.05) is 12.1 Å². The second-order valence-corrected chi connectivity index (χ2v) is 8.29. The molecule has 0 spiro atoms. The number of benzene rings is 1. The largest absolute Gasteiger partial charge is 0.573 e. The van der Waals surface area contributed by atoms with Gasteiger partial charge in [0.2, 0.25) is 0 Å². The van der Waals surface area contributed by atoms with Crippen LogP contribution in [0.2, 0.25) is 0 Å². The molecule has 0 aromatic heterocycles. The first-order valence-electron chi connectivity index (χ1n) is 9.69. The van der Waals surface area contributed by atoms with E-state index in [9.17, 15) is 22.8 Å². The second-order valence-electron chi connectivity index (χ2n) is 8.29. The first-order valence-corrected chi connectivity index (χ1v) is 9.69. The summed E-state index contributed by atoms with van der Waals surface area (Å²) in [6.07, 6.45) is -3.75. The molecule has 0 saturated carbocycles. The lowest BCUT2D eigenvalue weighted by Crippen LogP contribution is -2.46. The van der Waals surface area contributed by atoms with Crippen LogP contribution < -0.4 is 10.1 Å². The maximum Gasteiger partial charge on any atom is 0.573 e. The lowest BCUT2D eigenvalue weighted by molar-refractivity contribution is -0.274. The van der Waals surface area contributed by atoms with Crippen LogP contribution in [0.3, 0.4) is 0 Å². The molecule has 2 rings (SSSR count). The molecule has 0 bridgehead atoms. The van der Waals surface area contributed by atoms with Crippen LogP contribution in [-0.4, -0.2) is 60.6 Å². The number of rotatable bonds is 4. The number of amides is 3. The first-order chi connectivity index (χ1) is 13.8. The van der Waals surface area contributed by atoms with Gasteiger partial charge in [-0.25, -0.2) is 9.59 Å². The topological polar surface area (TPSA) is 71.1 Å². The second kappa shape index (κ2) is 9.44. The van der Waals surface area contributed by atoms with E-state index in [2.05, 4.69) is 10.1 Å².